The van der Waals surface area contributed by atoms with Crippen LogP contribution in [0.25, 0.3) is 0 Å². The van der Waals surface area contributed by atoms with Crippen LogP contribution in [0.1, 0.15) is 6.42 Å². The van der Waals surface area contributed by atoms with E-state index in [2.05, 4.69) is 10.6 Å². The maximum absolute atomic E-state index is 10.9. The number of carbonyl (C=O) groups is 1. The van der Waals surface area contributed by atoms with Gasteiger partial charge in [0.1, 0.15) is 0 Å². The first kappa shape index (κ1) is 9.06. The van der Waals surface area contributed by atoms with Gasteiger partial charge in [-0.3, -0.25) is 0 Å². The minimum atomic E-state index is -0.0492. The summed E-state index contributed by atoms with van der Waals surface area (Å²) < 4.78 is 0. The van der Waals surface area contributed by atoms with Gasteiger partial charge in [0, 0.05) is 0 Å². The Kier molecular flexibility index (Phi) is 4.61. The van der Waals surface area contributed by atoms with Gasteiger partial charge >= 0.3 is 6.03 Å². The van der Waals surface area contributed by atoms with E-state index in [4.69, 9.17) is 0 Å². The third-order valence-corrected chi connectivity index (χ3v) is 3.10. The van der Waals surface area contributed by atoms with Gasteiger partial charge in [-0.15, -0.1) is 23.5 Å². The Labute approximate surface area is 75.1 Å². The minimum Gasteiger partial charge on any atom is -0.329 e. The SMILES string of the molecule is O=C1NCSCCCSCN1. The molecule has 1 heterocycles. The second-order valence-corrected chi connectivity index (χ2v) is 4.35. The number of urea groups is 1. The van der Waals surface area contributed by atoms with Crippen molar-refractivity contribution in [2.45, 2.75) is 6.42 Å². The highest BCUT2D eigenvalue weighted by atomic mass is 32.2. The van der Waals surface area contributed by atoms with Crippen LogP contribution < -0.4 is 10.6 Å². The van der Waals surface area contributed by atoms with E-state index in [0.29, 0.717) is 0 Å². The van der Waals surface area contributed by atoms with Crippen molar-refractivity contribution in [3.05, 3.63) is 0 Å². The Balaban J connectivity index is 2.17. The zero-order chi connectivity index (χ0) is 7.94. The number of rotatable bonds is 0. The third-order valence-electron chi connectivity index (χ3n) is 1.25. The number of thioether (sulfide) groups is 2. The van der Waals surface area contributed by atoms with Crippen LogP contribution in [0.5, 0.6) is 0 Å². The van der Waals surface area contributed by atoms with Crippen LogP contribution in [0, 0.1) is 0 Å². The Morgan fingerprint density at radius 1 is 1.09 bits per heavy atom. The van der Waals surface area contributed by atoms with Crippen molar-refractivity contribution in [2.75, 3.05) is 23.3 Å². The van der Waals surface area contributed by atoms with Crippen LogP contribution in [-0.2, 0) is 0 Å². The third kappa shape index (κ3) is 4.42. The van der Waals surface area contributed by atoms with Gasteiger partial charge in [0.25, 0.3) is 0 Å². The van der Waals surface area contributed by atoms with E-state index in [1.807, 2.05) is 0 Å². The lowest BCUT2D eigenvalue weighted by molar-refractivity contribution is 0.244. The van der Waals surface area contributed by atoms with E-state index in [0.717, 1.165) is 23.3 Å². The zero-order valence-electron chi connectivity index (χ0n) is 6.26. The Morgan fingerprint density at radius 3 is 2.18 bits per heavy atom. The molecule has 0 bridgehead atoms. The van der Waals surface area contributed by atoms with E-state index in [9.17, 15) is 4.79 Å². The van der Waals surface area contributed by atoms with E-state index in [1.165, 1.54) is 6.42 Å². The molecule has 0 aromatic carbocycles. The van der Waals surface area contributed by atoms with Crippen molar-refractivity contribution in [3.8, 4) is 0 Å². The summed E-state index contributed by atoms with van der Waals surface area (Å²) in [5.41, 5.74) is 0. The molecule has 11 heavy (non-hydrogen) atoms. The molecule has 0 radical (unpaired) electrons. The van der Waals surface area contributed by atoms with E-state index < -0.39 is 0 Å². The van der Waals surface area contributed by atoms with Crippen LogP contribution in [0.3, 0.4) is 0 Å². The standard InChI is InChI=1S/C6H12N2OS2/c9-6-7-4-10-2-1-3-11-5-8-6/h1-5H2,(H2,7,8,9). The first-order valence-corrected chi connectivity index (χ1v) is 5.88. The number of hydrogen-bond acceptors (Lipinski definition) is 3. The molecule has 2 N–H and O–H groups in total. The lowest BCUT2D eigenvalue weighted by Gasteiger charge is -2.09. The highest BCUT2D eigenvalue weighted by Gasteiger charge is 2.00. The summed E-state index contributed by atoms with van der Waals surface area (Å²) in [6.07, 6.45) is 1.23. The quantitative estimate of drug-likeness (QED) is 0.603. The van der Waals surface area contributed by atoms with Gasteiger partial charge in [-0.1, -0.05) is 0 Å². The van der Waals surface area contributed by atoms with Crippen molar-refractivity contribution in [1.82, 2.24) is 10.6 Å². The van der Waals surface area contributed by atoms with Crippen molar-refractivity contribution in [2.24, 2.45) is 0 Å². The topological polar surface area (TPSA) is 41.1 Å². The van der Waals surface area contributed by atoms with Crippen LogP contribution in [0.15, 0.2) is 0 Å². The smallest absolute Gasteiger partial charge is 0.316 e. The Morgan fingerprint density at radius 2 is 1.64 bits per heavy atom. The molecule has 3 nitrogen and oxygen atoms in total. The van der Waals surface area contributed by atoms with Crippen LogP contribution in [0.2, 0.25) is 0 Å². The van der Waals surface area contributed by atoms with Crippen LogP contribution in [0.4, 0.5) is 4.79 Å². The molecule has 0 aromatic heterocycles. The summed E-state index contributed by atoms with van der Waals surface area (Å²) in [6.45, 7) is 0. The molecule has 64 valence electrons. The van der Waals surface area contributed by atoms with Crippen molar-refractivity contribution in [1.29, 1.82) is 0 Å². The molecule has 2 amide bonds. The molecule has 5 heteroatoms. The molecule has 0 atom stereocenters. The average Bonchev–Trinajstić information content (AvgIpc) is 2.03. The first-order chi connectivity index (χ1) is 5.39. The van der Waals surface area contributed by atoms with Gasteiger partial charge in [0.2, 0.25) is 0 Å². The van der Waals surface area contributed by atoms with Crippen molar-refractivity contribution in [3.63, 3.8) is 0 Å². The van der Waals surface area contributed by atoms with E-state index in [1.54, 1.807) is 23.5 Å². The predicted molar refractivity (Wildman–Crippen MR) is 50.9 cm³/mol. The van der Waals surface area contributed by atoms with Gasteiger partial charge in [0.15, 0.2) is 0 Å². The first-order valence-electron chi connectivity index (χ1n) is 3.57. The normalized spacial score (nSPS) is 21.6. The number of carbonyl (C=O) groups excluding carboxylic acids is 1. The van der Waals surface area contributed by atoms with Gasteiger partial charge in [-0.2, -0.15) is 0 Å². The molecule has 1 aliphatic rings. The lowest BCUT2D eigenvalue weighted by atomic mass is 10.6. The summed E-state index contributed by atoms with van der Waals surface area (Å²) in [7, 11) is 0. The fraction of sp³-hybridized carbons (Fsp3) is 0.833. The minimum absolute atomic E-state index is 0.0492. The molecular weight excluding hydrogens is 180 g/mol. The molecule has 0 saturated carbocycles. The van der Waals surface area contributed by atoms with Crippen LogP contribution >= 0.6 is 23.5 Å². The molecule has 1 rings (SSSR count). The lowest BCUT2D eigenvalue weighted by Crippen LogP contribution is -2.35. The van der Waals surface area contributed by atoms with Crippen molar-refractivity contribution >= 4 is 29.6 Å². The molecule has 0 aromatic rings. The monoisotopic (exact) mass is 192 g/mol. The molecular formula is C6H12N2OS2. The van der Waals surface area contributed by atoms with Gasteiger partial charge in [-0.05, 0) is 17.9 Å². The average molecular weight is 192 g/mol. The number of nitrogens with one attached hydrogen (secondary N) is 2. The second-order valence-electron chi connectivity index (χ2n) is 2.14. The molecule has 1 saturated heterocycles. The molecule has 0 aliphatic carbocycles. The summed E-state index contributed by atoms with van der Waals surface area (Å²) in [4.78, 5) is 10.9. The fourth-order valence-corrected chi connectivity index (χ4v) is 2.34. The molecule has 0 spiro atoms. The fourth-order valence-electron chi connectivity index (χ4n) is 0.703. The molecule has 0 unspecified atom stereocenters. The van der Waals surface area contributed by atoms with Crippen LogP contribution in [-0.4, -0.2) is 29.3 Å². The molecule has 1 aliphatic heterocycles. The zero-order valence-corrected chi connectivity index (χ0v) is 7.89. The number of amides is 2. The Hall–Kier alpha value is -0.0300. The Bertz CT molecular complexity index is 120. The van der Waals surface area contributed by atoms with E-state index in [-0.39, 0.29) is 6.03 Å². The van der Waals surface area contributed by atoms with Gasteiger partial charge < -0.3 is 10.6 Å². The highest BCUT2D eigenvalue weighted by molar-refractivity contribution is 8.00. The van der Waals surface area contributed by atoms with Gasteiger partial charge in [-0.25, -0.2) is 4.79 Å². The van der Waals surface area contributed by atoms with Crippen molar-refractivity contribution < 1.29 is 4.79 Å². The van der Waals surface area contributed by atoms with Gasteiger partial charge in [0.05, 0.1) is 11.8 Å². The summed E-state index contributed by atoms with van der Waals surface area (Å²) in [6, 6.07) is -0.0492. The summed E-state index contributed by atoms with van der Waals surface area (Å²) in [5.74, 6) is 3.76. The summed E-state index contributed by atoms with van der Waals surface area (Å²) >= 11 is 3.54. The largest absolute Gasteiger partial charge is 0.329 e. The summed E-state index contributed by atoms with van der Waals surface area (Å²) in [5, 5.41) is 5.50. The number of hydrogen-bond donors (Lipinski definition) is 2. The highest BCUT2D eigenvalue weighted by Crippen LogP contribution is 2.06. The predicted octanol–water partition coefficient (Wildman–Crippen LogP) is 1.07. The maximum Gasteiger partial charge on any atom is 0.316 e. The van der Waals surface area contributed by atoms with E-state index >= 15 is 0 Å². The molecule has 1 fully saturated rings. The maximum atomic E-state index is 10.9. The second kappa shape index (κ2) is 5.60.